The topological polar surface area (TPSA) is 60.2 Å². The van der Waals surface area contributed by atoms with Crippen molar-refractivity contribution in [1.82, 2.24) is 15.5 Å². The first-order valence-electron chi connectivity index (χ1n) is 7.77. The minimum absolute atomic E-state index is 0.0617. The fraction of sp³-hybridized carbons (Fsp3) is 0.867. The summed E-state index contributed by atoms with van der Waals surface area (Å²) < 4.78 is 10.9. The molecular formula is C15H29N3O2. The van der Waals surface area contributed by atoms with Crippen LogP contribution in [0, 0.1) is 0 Å². The van der Waals surface area contributed by atoms with Gasteiger partial charge in [0.15, 0.2) is 0 Å². The Bertz CT molecular complexity index is 368. The van der Waals surface area contributed by atoms with E-state index in [0.717, 1.165) is 32.2 Å². The van der Waals surface area contributed by atoms with E-state index < -0.39 is 0 Å². The maximum Gasteiger partial charge on any atom is 0.231 e. The first-order valence-corrected chi connectivity index (χ1v) is 7.77. The van der Waals surface area contributed by atoms with Gasteiger partial charge in [-0.3, -0.25) is 0 Å². The summed E-state index contributed by atoms with van der Waals surface area (Å²) in [5, 5.41) is 7.62. The molecule has 1 rings (SSSR count). The number of nitrogens with one attached hydrogen (secondary N) is 1. The Hall–Kier alpha value is -0.940. The Labute approximate surface area is 122 Å². The molecule has 0 aliphatic rings. The molecule has 5 nitrogen and oxygen atoms in total. The zero-order valence-electron chi connectivity index (χ0n) is 13.5. The van der Waals surface area contributed by atoms with Crippen molar-refractivity contribution in [3.63, 3.8) is 0 Å². The lowest BCUT2D eigenvalue weighted by atomic mass is 9.99. The summed E-state index contributed by atoms with van der Waals surface area (Å²) in [7, 11) is 1.69. The van der Waals surface area contributed by atoms with Crippen molar-refractivity contribution in [1.29, 1.82) is 0 Å². The molecule has 0 radical (unpaired) electrons. The van der Waals surface area contributed by atoms with Crippen molar-refractivity contribution in [3.05, 3.63) is 11.7 Å². The highest BCUT2D eigenvalue weighted by Crippen LogP contribution is 2.24. The van der Waals surface area contributed by atoms with Crippen LogP contribution in [-0.4, -0.2) is 29.8 Å². The Morgan fingerprint density at radius 3 is 2.55 bits per heavy atom. The van der Waals surface area contributed by atoms with Gasteiger partial charge in [0, 0.05) is 13.2 Å². The first kappa shape index (κ1) is 17.1. The number of hydrogen-bond donors (Lipinski definition) is 1. The predicted octanol–water partition coefficient (Wildman–Crippen LogP) is 3.44. The number of methoxy groups -OCH3 is 1. The minimum Gasteiger partial charge on any atom is -0.373 e. The van der Waals surface area contributed by atoms with Gasteiger partial charge in [0.1, 0.15) is 6.10 Å². The summed E-state index contributed by atoms with van der Waals surface area (Å²) in [5.41, 5.74) is 0. The maximum absolute atomic E-state index is 5.44. The molecule has 0 saturated carbocycles. The van der Waals surface area contributed by atoms with Crippen LogP contribution in [0.2, 0.25) is 0 Å². The number of rotatable bonds is 10. The van der Waals surface area contributed by atoms with Crippen LogP contribution in [0.5, 0.6) is 0 Å². The van der Waals surface area contributed by atoms with Crippen LogP contribution in [0.4, 0.5) is 0 Å². The molecular weight excluding hydrogens is 254 g/mol. The van der Waals surface area contributed by atoms with Gasteiger partial charge >= 0.3 is 0 Å². The number of hydrogen-bond acceptors (Lipinski definition) is 5. The second-order valence-electron chi connectivity index (χ2n) is 5.26. The molecule has 1 N–H and O–H groups in total. The van der Waals surface area contributed by atoms with Gasteiger partial charge in [-0.2, -0.15) is 4.98 Å². The zero-order chi connectivity index (χ0) is 15.0. The second-order valence-corrected chi connectivity index (χ2v) is 5.26. The molecule has 5 heteroatoms. The third kappa shape index (κ3) is 4.56. The van der Waals surface area contributed by atoms with E-state index in [1.807, 2.05) is 0 Å². The van der Waals surface area contributed by atoms with E-state index in [2.05, 4.69) is 43.2 Å². The highest BCUT2D eigenvalue weighted by atomic mass is 16.5. The molecule has 0 aromatic carbocycles. The van der Waals surface area contributed by atoms with E-state index in [-0.39, 0.29) is 12.0 Å². The van der Waals surface area contributed by atoms with Gasteiger partial charge < -0.3 is 14.6 Å². The van der Waals surface area contributed by atoms with E-state index in [0.29, 0.717) is 17.8 Å². The molecule has 1 aromatic heterocycles. The first-order chi connectivity index (χ1) is 9.67. The average Bonchev–Trinajstić information content (AvgIpc) is 2.94. The Kier molecular flexibility index (Phi) is 7.77. The van der Waals surface area contributed by atoms with Gasteiger partial charge in [-0.1, -0.05) is 39.3 Å². The standard InChI is InChI=1S/C15H29N3O2/c1-6-9-13(19-5)14-17-15(20-18-14)11(4)12(8-3)16-10-7-2/h11-13,16H,6-10H2,1-5H3. The summed E-state index contributed by atoms with van der Waals surface area (Å²) in [6, 6.07) is 0.371. The minimum atomic E-state index is -0.0617. The van der Waals surface area contributed by atoms with Gasteiger partial charge in [-0.25, -0.2) is 0 Å². The molecule has 3 atom stereocenters. The molecule has 3 unspecified atom stereocenters. The summed E-state index contributed by atoms with van der Waals surface area (Å²) in [5.74, 6) is 1.59. The number of ether oxygens (including phenoxy) is 1. The monoisotopic (exact) mass is 283 g/mol. The van der Waals surface area contributed by atoms with Crippen LogP contribution >= 0.6 is 0 Å². The lowest BCUT2D eigenvalue weighted by Gasteiger charge is -2.20. The van der Waals surface area contributed by atoms with Crippen LogP contribution < -0.4 is 5.32 Å². The van der Waals surface area contributed by atoms with Crippen molar-refractivity contribution in [3.8, 4) is 0 Å². The molecule has 0 spiro atoms. The molecule has 0 fully saturated rings. The third-order valence-electron chi connectivity index (χ3n) is 3.67. The van der Waals surface area contributed by atoms with Crippen molar-refractivity contribution in [2.45, 2.75) is 71.4 Å². The quantitative estimate of drug-likeness (QED) is 0.712. The highest BCUT2D eigenvalue weighted by Gasteiger charge is 2.24. The Morgan fingerprint density at radius 1 is 1.25 bits per heavy atom. The highest BCUT2D eigenvalue weighted by molar-refractivity contribution is 4.99. The number of nitrogens with zero attached hydrogens (tertiary/aromatic N) is 2. The summed E-state index contributed by atoms with van der Waals surface area (Å²) in [4.78, 5) is 4.53. The van der Waals surface area contributed by atoms with Gasteiger partial charge in [-0.05, 0) is 25.8 Å². The molecule has 0 amide bonds. The maximum atomic E-state index is 5.44. The zero-order valence-corrected chi connectivity index (χ0v) is 13.5. The van der Waals surface area contributed by atoms with E-state index >= 15 is 0 Å². The van der Waals surface area contributed by atoms with E-state index in [1.54, 1.807) is 7.11 Å². The van der Waals surface area contributed by atoms with E-state index in [9.17, 15) is 0 Å². The summed E-state index contributed by atoms with van der Waals surface area (Å²) in [6.45, 7) is 9.62. The normalized spacial score (nSPS) is 16.1. The van der Waals surface area contributed by atoms with Crippen LogP contribution in [0.1, 0.15) is 77.1 Å². The lowest BCUT2D eigenvalue weighted by Crippen LogP contribution is -2.33. The fourth-order valence-electron chi connectivity index (χ4n) is 2.35. The Morgan fingerprint density at radius 2 is 2.00 bits per heavy atom. The lowest BCUT2D eigenvalue weighted by molar-refractivity contribution is 0.0854. The Balaban J connectivity index is 2.73. The van der Waals surface area contributed by atoms with Gasteiger partial charge in [0.25, 0.3) is 0 Å². The summed E-state index contributed by atoms with van der Waals surface area (Å²) >= 11 is 0. The molecule has 0 bridgehead atoms. The predicted molar refractivity (Wildman–Crippen MR) is 79.7 cm³/mol. The van der Waals surface area contributed by atoms with Crippen molar-refractivity contribution < 1.29 is 9.26 Å². The van der Waals surface area contributed by atoms with Crippen LogP contribution in [-0.2, 0) is 4.74 Å². The SMILES string of the molecule is CCCNC(CC)C(C)c1nc(C(CCC)OC)no1. The second kappa shape index (κ2) is 9.08. The van der Waals surface area contributed by atoms with Crippen molar-refractivity contribution in [2.75, 3.05) is 13.7 Å². The molecule has 1 aromatic rings. The van der Waals surface area contributed by atoms with Crippen LogP contribution in [0.3, 0.4) is 0 Å². The third-order valence-corrected chi connectivity index (χ3v) is 3.67. The number of aromatic nitrogens is 2. The van der Waals surface area contributed by atoms with Gasteiger partial charge in [0.05, 0.1) is 5.92 Å². The molecule has 0 saturated heterocycles. The largest absolute Gasteiger partial charge is 0.373 e. The van der Waals surface area contributed by atoms with E-state index in [1.165, 1.54) is 0 Å². The summed E-state index contributed by atoms with van der Waals surface area (Å²) in [6.07, 6.45) is 4.05. The molecule has 0 aliphatic heterocycles. The van der Waals surface area contributed by atoms with Crippen molar-refractivity contribution in [2.24, 2.45) is 0 Å². The molecule has 1 heterocycles. The molecule has 20 heavy (non-hydrogen) atoms. The molecule has 0 aliphatic carbocycles. The average molecular weight is 283 g/mol. The van der Waals surface area contributed by atoms with Gasteiger partial charge in [-0.15, -0.1) is 0 Å². The van der Waals surface area contributed by atoms with Gasteiger partial charge in [0.2, 0.25) is 11.7 Å². The van der Waals surface area contributed by atoms with E-state index in [4.69, 9.17) is 9.26 Å². The fourth-order valence-corrected chi connectivity index (χ4v) is 2.35. The van der Waals surface area contributed by atoms with Crippen LogP contribution in [0.15, 0.2) is 4.52 Å². The van der Waals surface area contributed by atoms with Crippen LogP contribution in [0.25, 0.3) is 0 Å². The smallest absolute Gasteiger partial charge is 0.231 e. The van der Waals surface area contributed by atoms with Crippen molar-refractivity contribution >= 4 is 0 Å². The molecule has 116 valence electrons.